The van der Waals surface area contributed by atoms with Crippen molar-refractivity contribution >= 4 is 0 Å². The van der Waals surface area contributed by atoms with Crippen molar-refractivity contribution in [3.63, 3.8) is 0 Å². The number of hydrogen-bond donors (Lipinski definition) is 1. The predicted octanol–water partition coefficient (Wildman–Crippen LogP) is 2.77. The van der Waals surface area contributed by atoms with Crippen LogP contribution < -0.4 is 5.32 Å². The molecular formula is C14H18N2O. The first-order valence-electron chi connectivity index (χ1n) is 6.05. The first-order valence-corrected chi connectivity index (χ1v) is 6.05. The van der Waals surface area contributed by atoms with Gasteiger partial charge in [0.1, 0.15) is 11.5 Å². The van der Waals surface area contributed by atoms with Crippen molar-refractivity contribution in [2.45, 2.75) is 26.3 Å². The van der Waals surface area contributed by atoms with Gasteiger partial charge in [0.25, 0.3) is 0 Å². The highest BCUT2D eigenvalue weighted by Gasteiger charge is 2.02. The largest absolute Gasteiger partial charge is 0.464 e. The summed E-state index contributed by atoms with van der Waals surface area (Å²) in [4.78, 5) is 4.00. The number of pyridine rings is 1. The maximum absolute atomic E-state index is 5.75. The van der Waals surface area contributed by atoms with Gasteiger partial charge in [0, 0.05) is 18.8 Å². The molecule has 2 aromatic heterocycles. The summed E-state index contributed by atoms with van der Waals surface area (Å²) in [6, 6.07) is 8.11. The SMILES string of the molecule is CCCNCc1ccc(Cc2ccncc2)o1. The van der Waals surface area contributed by atoms with Gasteiger partial charge < -0.3 is 9.73 Å². The molecule has 3 heteroatoms. The van der Waals surface area contributed by atoms with Crippen LogP contribution in [0.3, 0.4) is 0 Å². The van der Waals surface area contributed by atoms with Crippen molar-refractivity contribution in [1.82, 2.24) is 10.3 Å². The van der Waals surface area contributed by atoms with E-state index in [1.54, 1.807) is 0 Å². The number of rotatable bonds is 6. The van der Waals surface area contributed by atoms with E-state index in [9.17, 15) is 0 Å². The smallest absolute Gasteiger partial charge is 0.117 e. The minimum absolute atomic E-state index is 0.810. The Bertz CT molecular complexity index is 436. The molecule has 1 N–H and O–H groups in total. The molecule has 3 nitrogen and oxygen atoms in total. The van der Waals surface area contributed by atoms with E-state index < -0.39 is 0 Å². The van der Waals surface area contributed by atoms with Crippen molar-refractivity contribution < 1.29 is 4.42 Å². The summed E-state index contributed by atoms with van der Waals surface area (Å²) in [5, 5.41) is 3.32. The predicted molar refractivity (Wildman–Crippen MR) is 67.7 cm³/mol. The lowest BCUT2D eigenvalue weighted by atomic mass is 10.2. The molecule has 0 bridgehead atoms. The fourth-order valence-corrected chi connectivity index (χ4v) is 1.70. The van der Waals surface area contributed by atoms with Crippen LogP contribution in [-0.4, -0.2) is 11.5 Å². The maximum Gasteiger partial charge on any atom is 0.117 e. The fourth-order valence-electron chi connectivity index (χ4n) is 1.70. The van der Waals surface area contributed by atoms with E-state index in [1.807, 2.05) is 36.7 Å². The molecule has 2 heterocycles. The van der Waals surface area contributed by atoms with Crippen LogP contribution in [0.4, 0.5) is 0 Å². The van der Waals surface area contributed by atoms with Gasteiger partial charge >= 0.3 is 0 Å². The van der Waals surface area contributed by atoms with Gasteiger partial charge in [-0.25, -0.2) is 0 Å². The maximum atomic E-state index is 5.75. The Morgan fingerprint density at radius 1 is 1.12 bits per heavy atom. The third kappa shape index (κ3) is 3.71. The lowest BCUT2D eigenvalue weighted by molar-refractivity contribution is 0.453. The van der Waals surface area contributed by atoms with Gasteiger partial charge in [0.2, 0.25) is 0 Å². The van der Waals surface area contributed by atoms with Crippen LogP contribution in [0.25, 0.3) is 0 Å². The molecule has 0 aliphatic carbocycles. The molecule has 0 radical (unpaired) electrons. The topological polar surface area (TPSA) is 38.1 Å². The van der Waals surface area contributed by atoms with Gasteiger partial charge in [-0.2, -0.15) is 0 Å². The van der Waals surface area contributed by atoms with E-state index in [0.717, 1.165) is 37.5 Å². The van der Waals surface area contributed by atoms with E-state index in [4.69, 9.17) is 4.42 Å². The molecule has 17 heavy (non-hydrogen) atoms. The summed E-state index contributed by atoms with van der Waals surface area (Å²) in [5.74, 6) is 2.01. The van der Waals surface area contributed by atoms with Crippen molar-refractivity contribution in [3.05, 3.63) is 53.7 Å². The molecule has 90 valence electrons. The number of nitrogens with zero attached hydrogens (tertiary/aromatic N) is 1. The molecule has 2 aromatic rings. The number of hydrogen-bond acceptors (Lipinski definition) is 3. The molecule has 0 fully saturated rings. The summed E-state index contributed by atoms with van der Waals surface area (Å²) in [7, 11) is 0. The molecule has 0 amide bonds. The quantitative estimate of drug-likeness (QED) is 0.775. The zero-order valence-electron chi connectivity index (χ0n) is 10.1. The number of furan rings is 1. The zero-order chi connectivity index (χ0) is 11.9. The first kappa shape index (κ1) is 11.9. The molecule has 0 atom stereocenters. The fraction of sp³-hybridized carbons (Fsp3) is 0.357. The monoisotopic (exact) mass is 230 g/mol. The Morgan fingerprint density at radius 3 is 2.65 bits per heavy atom. The average molecular weight is 230 g/mol. The molecule has 0 saturated carbocycles. The van der Waals surface area contributed by atoms with Crippen molar-refractivity contribution in [3.8, 4) is 0 Å². The summed E-state index contributed by atoms with van der Waals surface area (Å²) in [5.41, 5.74) is 1.22. The van der Waals surface area contributed by atoms with Crippen LogP contribution in [0, 0.1) is 0 Å². The molecule has 0 aliphatic rings. The van der Waals surface area contributed by atoms with Crippen LogP contribution in [0.15, 0.2) is 41.1 Å². The molecule has 0 unspecified atom stereocenters. The minimum Gasteiger partial charge on any atom is -0.464 e. The Kier molecular flexibility index (Phi) is 4.33. The summed E-state index contributed by atoms with van der Waals surface area (Å²) < 4.78 is 5.75. The van der Waals surface area contributed by atoms with Gasteiger partial charge in [-0.1, -0.05) is 6.92 Å². The number of aromatic nitrogens is 1. The van der Waals surface area contributed by atoms with Crippen LogP contribution in [-0.2, 0) is 13.0 Å². The van der Waals surface area contributed by atoms with Gasteiger partial charge in [0.05, 0.1) is 6.54 Å². The van der Waals surface area contributed by atoms with Gasteiger partial charge in [-0.3, -0.25) is 4.98 Å². The average Bonchev–Trinajstić information content (AvgIpc) is 2.79. The van der Waals surface area contributed by atoms with E-state index in [-0.39, 0.29) is 0 Å². The highest BCUT2D eigenvalue weighted by atomic mass is 16.3. The van der Waals surface area contributed by atoms with E-state index >= 15 is 0 Å². The summed E-state index contributed by atoms with van der Waals surface area (Å²) in [6.07, 6.45) is 5.59. The van der Waals surface area contributed by atoms with Crippen LogP contribution in [0.2, 0.25) is 0 Å². The normalized spacial score (nSPS) is 10.6. The second-order valence-electron chi connectivity index (χ2n) is 4.08. The Labute approximate surface area is 102 Å². The lowest BCUT2D eigenvalue weighted by Crippen LogP contribution is -2.13. The van der Waals surface area contributed by atoms with Gasteiger partial charge in [-0.05, 0) is 42.8 Å². The lowest BCUT2D eigenvalue weighted by Gasteiger charge is -2.00. The van der Waals surface area contributed by atoms with Crippen LogP contribution >= 0.6 is 0 Å². The Balaban J connectivity index is 1.90. The third-order valence-corrected chi connectivity index (χ3v) is 2.57. The Hall–Kier alpha value is -1.61. The summed E-state index contributed by atoms with van der Waals surface area (Å²) in [6.45, 7) is 3.99. The van der Waals surface area contributed by atoms with Crippen molar-refractivity contribution in [1.29, 1.82) is 0 Å². The standard InChI is InChI=1S/C14H18N2O/c1-2-7-16-11-14-4-3-13(17-14)10-12-5-8-15-9-6-12/h3-6,8-9,16H,2,7,10-11H2,1H3. The van der Waals surface area contributed by atoms with Gasteiger partial charge in [-0.15, -0.1) is 0 Å². The first-order chi connectivity index (χ1) is 8.38. The van der Waals surface area contributed by atoms with Crippen molar-refractivity contribution in [2.24, 2.45) is 0 Å². The molecular weight excluding hydrogens is 212 g/mol. The highest BCUT2D eigenvalue weighted by Crippen LogP contribution is 2.12. The van der Waals surface area contributed by atoms with E-state index in [0.29, 0.717) is 0 Å². The molecule has 0 saturated heterocycles. The molecule has 0 aromatic carbocycles. The van der Waals surface area contributed by atoms with Crippen LogP contribution in [0.5, 0.6) is 0 Å². The highest BCUT2D eigenvalue weighted by molar-refractivity contribution is 5.18. The molecule has 2 rings (SSSR count). The number of nitrogens with one attached hydrogen (secondary N) is 1. The molecule has 0 aliphatic heterocycles. The second-order valence-corrected chi connectivity index (χ2v) is 4.08. The van der Waals surface area contributed by atoms with Gasteiger partial charge in [0.15, 0.2) is 0 Å². The minimum atomic E-state index is 0.810. The summed E-state index contributed by atoms with van der Waals surface area (Å²) >= 11 is 0. The zero-order valence-corrected chi connectivity index (χ0v) is 10.1. The third-order valence-electron chi connectivity index (χ3n) is 2.57. The Morgan fingerprint density at radius 2 is 1.88 bits per heavy atom. The second kappa shape index (κ2) is 6.21. The van der Waals surface area contributed by atoms with E-state index in [2.05, 4.69) is 17.2 Å². The van der Waals surface area contributed by atoms with E-state index in [1.165, 1.54) is 5.56 Å². The van der Waals surface area contributed by atoms with Crippen molar-refractivity contribution in [2.75, 3.05) is 6.54 Å². The van der Waals surface area contributed by atoms with Crippen LogP contribution in [0.1, 0.15) is 30.4 Å². The molecule has 0 spiro atoms.